The van der Waals surface area contributed by atoms with Crippen molar-refractivity contribution >= 4 is 17.7 Å². The number of rotatable bonds is 2. The number of likely N-dealkylation sites (tertiary alicyclic amines) is 1. The molecule has 6 nitrogen and oxygen atoms in total. The van der Waals surface area contributed by atoms with Crippen LogP contribution in [0.25, 0.3) is 0 Å². The quantitative estimate of drug-likeness (QED) is 0.829. The SMILES string of the molecule is COC(=O)C1CCN(C(=O)Nc2cccc(C#N)c2)C1. The van der Waals surface area contributed by atoms with Crippen LogP contribution in [0.15, 0.2) is 24.3 Å². The largest absolute Gasteiger partial charge is 0.469 e. The topological polar surface area (TPSA) is 82.4 Å². The molecule has 0 aliphatic carbocycles. The molecule has 1 aromatic rings. The smallest absolute Gasteiger partial charge is 0.321 e. The minimum Gasteiger partial charge on any atom is -0.469 e. The molecule has 0 aromatic heterocycles. The molecule has 0 spiro atoms. The molecule has 104 valence electrons. The molecule has 20 heavy (non-hydrogen) atoms. The number of carbonyl (C=O) groups excluding carboxylic acids is 2. The maximum absolute atomic E-state index is 12.1. The number of nitrogens with one attached hydrogen (secondary N) is 1. The standard InChI is InChI=1S/C14H15N3O3/c1-20-13(18)11-5-6-17(9-11)14(19)16-12-4-2-3-10(7-12)8-15/h2-4,7,11H,5-6,9H2,1H3,(H,16,19). The Morgan fingerprint density at radius 3 is 3.00 bits per heavy atom. The normalized spacial score (nSPS) is 17.4. The Morgan fingerprint density at radius 1 is 1.50 bits per heavy atom. The number of amides is 2. The van der Waals surface area contributed by atoms with Crippen molar-refractivity contribution < 1.29 is 14.3 Å². The number of ether oxygens (including phenoxy) is 1. The van der Waals surface area contributed by atoms with Crippen molar-refractivity contribution in [2.45, 2.75) is 6.42 Å². The average Bonchev–Trinajstić information content (AvgIpc) is 2.96. The van der Waals surface area contributed by atoms with Crippen LogP contribution in [0, 0.1) is 17.2 Å². The monoisotopic (exact) mass is 273 g/mol. The fraction of sp³-hybridized carbons (Fsp3) is 0.357. The molecule has 1 heterocycles. The van der Waals surface area contributed by atoms with Gasteiger partial charge < -0.3 is 15.0 Å². The summed E-state index contributed by atoms with van der Waals surface area (Å²) in [5.74, 6) is -0.539. The molecule has 1 aromatic carbocycles. The Kier molecular flexibility index (Phi) is 4.20. The second-order valence-corrected chi connectivity index (χ2v) is 4.58. The highest BCUT2D eigenvalue weighted by molar-refractivity contribution is 5.90. The van der Waals surface area contributed by atoms with Gasteiger partial charge >= 0.3 is 12.0 Å². The van der Waals surface area contributed by atoms with Crippen LogP contribution in [-0.4, -0.2) is 37.1 Å². The minimum absolute atomic E-state index is 0.254. The molecule has 0 bridgehead atoms. The summed E-state index contributed by atoms with van der Waals surface area (Å²) in [4.78, 5) is 25.0. The lowest BCUT2D eigenvalue weighted by atomic mass is 10.1. The van der Waals surface area contributed by atoms with Gasteiger partial charge in [-0.2, -0.15) is 5.26 Å². The molecular weight excluding hydrogens is 258 g/mol. The van der Waals surface area contributed by atoms with Crippen LogP contribution in [-0.2, 0) is 9.53 Å². The molecule has 1 fully saturated rings. The fourth-order valence-electron chi connectivity index (χ4n) is 2.17. The highest BCUT2D eigenvalue weighted by Crippen LogP contribution is 2.19. The Hall–Kier alpha value is -2.55. The van der Waals surface area contributed by atoms with Crippen molar-refractivity contribution in [1.82, 2.24) is 4.90 Å². The molecule has 2 amide bonds. The zero-order valence-corrected chi connectivity index (χ0v) is 11.1. The number of anilines is 1. The first-order valence-corrected chi connectivity index (χ1v) is 6.28. The number of methoxy groups -OCH3 is 1. The number of nitrogens with zero attached hydrogens (tertiary/aromatic N) is 2. The minimum atomic E-state index is -0.285. The molecule has 1 N–H and O–H groups in total. The van der Waals surface area contributed by atoms with E-state index in [0.29, 0.717) is 30.8 Å². The number of benzene rings is 1. The average molecular weight is 273 g/mol. The molecule has 6 heteroatoms. The van der Waals surface area contributed by atoms with Crippen LogP contribution < -0.4 is 5.32 Å². The summed E-state index contributed by atoms with van der Waals surface area (Å²) in [7, 11) is 1.35. The number of hydrogen-bond acceptors (Lipinski definition) is 4. The van der Waals surface area contributed by atoms with Crippen LogP contribution >= 0.6 is 0 Å². The molecule has 0 saturated carbocycles. The third kappa shape index (κ3) is 3.06. The van der Waals surface area contributed by atoms with Gasteiger partial charge in [0.1, 0.15) is 0 Å². The van der Waals surface area contributed by atoms with Crippen molar-refractivity contribution in [2.75, 3.05) is 25.5 Å². The predicted molar refractivity (Wildman–Crippen MR) is 71.9 cm³/mol. The van der Waals surface area contributed by atoms with Gasteiger partial charge in [-0.25, -0.2) is 4.79 Å². The number of nitriles is 1. The lowest BCUT2D eigenvalue weighted by Crippen LogP contribution is -2.34. The van der Waals surface area contributed by atoms with Crippen LogP contribution in [0.2, 0.25) is 0 Å². The number of urea groups is 1. The third-order valence-electron chi connectivity index (χ3n) is 3.25. The predicted octanol–water partition coefficient (Wildman–Crippen LogP) is 1.59. The van der Waals surface area contributed by atoms with Crippen LogP contribution in [0.3, 0.4) is 0 Å². The molecule has 1 saturated heterocycles. The first-order chi connectivity index (χ1) is 9.63. The first-order valence-electron chi connectivity index (χ1n) is 6.28. The summed E-state index contributed by atoms with van der Waals surface area (Å²) in [6.45, 7) is 0.875. The van der Waals surface area contributed by atoms with Crippen molar-refractivity contribution in [3.63, 3.8) is 0 Å². The maximum Gasteiger partial charge on any atom is 0.321 e. The Morgan fingerprint density at radius 2 is 2.30 bits per heavy atom. The van der Waals surface area contributed by atoms with E-state index in [9.17, 15) is 9.59 Å². The van der Waals surface area contributed by atoms with E-state index in [1.54, 1.807) is 29.2 Å². The van der Waals surface area contributed by atoms with Crippen LogP contribution in [0.4, 0.5) is 10.5 Å². The van der Waals surface area contributed by atoms with Crippen molar-refractivity contribution in [3.05, 3.63) is 29.8 Å². The van der Waals surface area contributed by atoms with Gasteiger partial charge in [0, 0.05) is 18.8 Å². The fourth-order valence-corrected chi connectivity index (χ4v) is 2.17. The van der Waals surface area contributed by atoms with E-state index < -0.39 is 0 Å². The molecule has 1 aliphatic heterocycles. The van der Waals surface area contributed by atoms with Gasteiger partial charge in [0.05, 0.1) is 24.7 Å². The highest BCUT2D eigenvalue weighted by atomic mass is 16.5. The third-order valence-corrected chi connectivity index (χ3v) is 3.25. The van der Waals surface area contributed by atoms with E-state index in [1.165, 1.54) is 7.11 Å². The van der Waals surface area contributed by atoms with E-state index >= 15 is 0 Å². The molecule has 1 unspecified atom stereocenters. The van der Waals surface area contributed by atoms with Crippen molar-refractivity contribution in [3.8, 4) is 6.07 Å². The van der Waals surface area contributed by atoms with Crippen LogP contribution in [0.5, 0.6) is 0 Å². The second kappa shape index (κ2) is 6.06. The van der Waals surface area contributed by atoms with E-state index in [-0.39, 0.29) is 17.9 Å². The number of hydrogen-bond donors (Lipinski definition) is 1. The Balaban J connectivity index is 1.96. The van der Waals surface area contributed by atoms with Gasteiger partial charge in [0.2, 0.25) is 0 Å². The molecule has 1 atom stereocenters. The van der Waals surface area contributed by atoms with Gasteiger partial charge in [0.15, 0.2) is 0 Å². The van der Waals surface area contributed by atoms with E-state index in [1.807, 2.05) is 6.07 Å². The maximum atomic E-state index is 12.1. The first kappa shape index (κ1) is 13.9. The lowest BCUT2D eigenvalue weighted by molar-refractivity contribution is -0.144. The lowest BCUT2D eigenvalue weighted by Gasteiger charge is -2.17. The van der Waals surface area contributed by atoms with Crippen molar-refractivity contribution in [1.29, 1.82) is 5.26 Å². The number of esters is 1. The van der Waals surface area contributed by atoms with Gasteiger partial charge in [-0.15, -0.1) is 0 Å². The van der Waals surface area contributed by atoms with Crippen LogP contribution in [0.1, 0.15) is 12.0 Å². The summed E-state index contributed by atoms with van der Waals surface area (Å²) < 4.78 is 4.68. The van der Waals surface area contributed by atoms with Gasteiger partial charge in [-0.05, 0) is 24.6 Å². The summed E-state index contributed by atoms with van der Waals surface area (Å²) in [5.41, 5.74) is 1.05. The molecule has 1 aliphatic rings. The van der Waals surface area contributed by atoms with Gasteiger partial charge in [-0.3, -0.25) is 4.79 Å². The van der Waals surface area contributed by atoms with E-state index in [2.05, 4.69) is 10.1 Å². The van der Waals surface area contributed by atoms with Gasteiger partial charge in [0.25, 0.3) is 0 Å². The molecule has 0 radical (unpaired) electrons. The zero-order valence-electron chi connectivity index (χ0n) is 11.1. The summed E-state index contributed by atoms with van der Waals surface area (Å²) in [5, 5.41) is 11.5. The molecule has 2 rings (SSSR count). The zero-order chi connectivity index (χ0) is 14.5. The summed E-state index contributed by atoms with van der Waals surface area (Å²) in [6, 6.07) is 8.43. The molecular formula is C14H15N3O3. The van der Waals surface area contributed by atoms with Gasteiger partial charge in [-0.1, -0.05) is 6.07 Å². The van der Waals surface area contributed by atoms with E-state index in [4.69, 9.17) is 5.26 Å². The summed E-state index contributed by atoms with van der Waals surface area (Å²) >= 11 is 0. The van der Waals surface area contributed by atoms with Crippen molar-refractivity contribution in [2.24, 2.45) is 5.92 Å². The Bertz CT molecular complexity index is 565. The Labute approximate surface area is 116 Å². The summed E-state index contributed by atoms with van der Waals surface area (Å²) in [6.07, 6.45) is 0.609. The highest BCUT2D eigenvalue weighted by Gasteiger charge is 2.31. The second-order valence-electron chi connectivity index (χ2n) is 4.58. The van der Waals surface area contributed by atoms with E-state index in [0.717, 1.165) is 0 Å². The number of carbonyl (C=O) groups is 2.